The molecule has 0 fully saturated rings. The molecule has 1 aromatic heterocycles. The van der Waals surface area contributed by atoms with Gasteiger partial charge in [0.05, 0.1) is 25.3 Å². The van der Waals surface area contributed by atoms with Crippen LogP contribution in [0.1, 0.15) is 24.3 Å². The van der Waals surface area contributed by atoms with Crippen molar-refractivity contribution in [2.45, 2.75) is 19.4 Å². The Morgan fingerprint density at radius 1 is 1.00 bits per heavy atom. The van der Waals surface area contributed by atoms with Gasteiger partial charge >= 0.3 is 0 Å². The summed E-state index contributed by atoms with van der Waals surface area (Å²) in [5, 5.41) is 7.60. The second-order valence-corrected chi connectivity index (χ2v) is 5.90. The molecule has 0 aliphatic heterocycles. The maximum Gasteiger partial charge on any atom is 0.239 e. The molecule has 2 amide bonds. The number of fused-ring (bicyclic) bond motifs is 1. The number of rotatable bonds is 6. The van der Waals surface area contributed by atoms with Gasteiger partial charge in [-0.25, -0.2) is 0 Å². The molecule has 0 spiro atoms. The molecule has 0 saturated carbocycles. The van der Waals surface area contributed by atoms with Gasteiger partial charge in [-0.1, -0.05) is 42.5 Å². The van der Waals surface area contributed by atoms with Crippen molar-refractivity contribution in [3.05, 3.63) is 72.2 Å². The summed E-state index contributed by atoms with van der Waals surface area (Å²) in [5.74, 6) is 0.239. The van der Waals surface area contributed by atoms with Gasteiger partial charge in [-0.3, -0.25) is 9.59 Å². The van der Waals surface area contributed by atoms with E-state index in [0.29, 0.717) is 5.76 Å². The fourth-order valence-electron chi connectivity index (χ4n) is 2.76. The summed E-state index contributed by atoms with van der Waals surface area (Å²) in [5.41, 5.74) is 0.944. The lowest BCUT2D eigenvalue weighted by atomic mass is 10.0. The molecule has 0 unspecified atom stereocenters. The monoisotopic (exact) mass is 336 g/mol. The van der Waals surface area contributed by atoms with Crippen LogP contribution in [0.25, 0.3) is 10.8 Å². The summed E-state index contributed by atoms with van der Waals surface area (Å²) in [6.45, 7) is 1.77. The van der Waals surface area contributed by atoms with E-state index < -0.39 is 0 Å². The zero-order chi connectivity index (χ0) is 17.6. The summed E-state index contributed by atoms with van der Waals surface area (Å²) in [7, 11) is 0. The van der Waals surface area contributed by atoms with E-state index in [4.69, 9.17) is 4.42 Å². The first-order valence-corrected chi connectivity index (χ1v) is 8.19. The molecule has 128 valence electrons. The van der Waals surface area contributed by atoms with Crippen molar-refractivity contribution in [3.63, 3.8) is 0 Å². The van der Waals surface area contributed by atoms with Crippen LogP contribution in [0.2, 0.25) is 0 Å². The van der Waals surface area contributed by atoms with Gasteiger partial charge in [0, 0.05) is 0 Å². The lowest BCUT2D eigenvalue weighted by Gasteiger charge is -2.12. The molecule has 2 aromatic carbocycles. The Hall–Kier alpha value is -3.08. The normalized spacial score (nSPS) is 11.9. The fourth-order valence-corrected chi connectivity index (χ4v) is 2.76. The first-order valence-electron chi connectivity index (χ1n) is 8.19. The van der Waals surface area contributed by atoms with E-state index >= 15 is 0 Å². The Kier molecular flexibility index (Phi) is 5.14. The summed E-state index contributed by atoms with van der Waals surface area (Å²) in [6.07, 6.45) is 1.80. The molecular weight excluding hydrogens is 316 g/mol. The van der Waals surface area contributed by atoms with Gasteiger partial charge in [0.25, 0.3) is 0 Å². The minimum absolute atomic E-state index is 0.0609. The average molecular weight is 336 g/mol. The molecule has 0 saturated heterocycles. The molecule has 0 radical (unpaired) electrons. The van der Waals surface area contributed by atoms with Crippen molar-refractivity contribution in [2.75, 3.05) is 6.54 Å². The molecule has 0 aliphatic carbocycles. The number of amides is 2. The van der Waals surface area contributed by atoms with E-state index in [1.165, 1.54) is 0 Å². The highest BCUT2D eigenvalue weighted by atomic mass is 16.3. The van der Waals surface area contributed by atoms with Crippen LogP contribution >= 0.6 is 0 Å². The second kappa shape index (κ2) is 7.66. The predicted octanol–water partition coefficient (Wildman–Crippen LogP) is 2.97. The maximum absolute atomic E-state index is 12.2. The van der Waals surface area contributed by atoms with Gasteiger partial charge in [0.2, 0.25) is 11.8 Å². The zero-order valence-corrected chi connectivity index (χ0v) is 14.0. The minimum Gasteiger partial charge on any atom is -0.467 e. The number of hydrogen-bond acceptors (Lipinski definition) is 3. The average Bonchev–Trinajstić information content (AvgIpc) is 3.15. The third kappa shape index (κ3) is 4.26. The van der Waals surface area contributed by atoms with Crippen molar-refractivity contribution in [1.82, 2.24) is 10.6 Å². The predicted molar refractivity (Wildman–Crippen MR) is 95.9 cm³/mol. The van der Waals surface area contributed by atoms with E-state index in [1.54, 1.807) is 18.4 Å². The smallest absolute Gasteiger partial charge is 0.239 e. The third-order valence-corrected chi connectivity index (χ3v) is 4.02. The van der Waals surface area contributed by atoms with Crippen molar-refractivity contribution in [2.24, 2.45) is 0 Å². The fraction of sp³-hybridized carbons (Fsp3) is 0.200. The number of carbonyl (C=O) groups is 2. The molecule has 3 rings (SSSR count). The number of nitrogens with one attached hydrogen (secondary N) is 2. The topological polar surface area (TPSA) is 71.3 Å². The van der Waals surface area contributed by atoms with Crippen molar-refractivity contribution in [1.29, 1.82) is 0 Å². The number of benzene rings is 2. The SMILES string of the molecule is C[C@H](NC(=O)CNC(=O)Cc1cccc2ccccc12)c1ccco1. The van der Waals surface area contributed by atoms with Gasteiger partial charge in [0.15, 0.2) is 0 Å². The summed E-state index contributed by atoms with van der Waals surface area (Å²) < 4.78 is 5.24. The first kappa shape index (κ1) is 16.8. The Balaban J connectivity index is 1.53. The van der Waals surface area contributed by atoms with E-state index in [9.17, 15) is 9.59 Å². The van der Waals surface area contributed by atoms with E-state index in [-0.39, 0.29) is 30.8 Å². The minimum atomic E-state index is -0.254. The van der Waals surface area contributed by atoms with E-state index in [0.717, 1.165) is 16.3 Å². The first-order chi connectivity index (χ1) is 12.1. The lowest BCUT2D eigenvalue weighted by Crippen LogP contribution is -2.38. The Labute approximate surface area is 146 Å². The summed E-state index contributed by atoms with van der Waals surface area (Å²) in [6, 6.07) is 17.1. The summed E-state index contributed by atoms with van der Waals surface area (Å²) in [4.78, 5) is 24.1. The molecular formula is C20H20N2O3. The molecule has 5 nitrogen and oxygen atoms in total. The number of carbonyl (C=O) groups excluding carboxylic acids is 2. The standard InChI is InChI=1S/C20H20N2O3/c1-14(18-10-5-11-25-18)22-20(24)13-21-19(23)12-16-8-4-7-15-6-2-3-9-17(15)16/h2-11,14H,12-13H2,1H3,(H,21,23)(H,22,24)/t14-/m0/s1. The van der Waals surface area contributed by atoms with Crippen LogP contribution in [0, 0.1) is 0 Å². The summed E-state index contributed by atoms with van der Waals surface area (Å²) >= 11 is 0. The number of furan rings is 1. The molecule has 0 bridgehead atoms. The Morgan fingerprint density at radius 2 is 1.80 bits per heavy atom. The largest absolute Gasteiger partial charge is 0.467 e. The maximum atomic E-state index is 12.2. The van der Waals surface area contributed by atoms with Crippen LogP contribution in [0.5, 0.6) is 0 Å². The Bertz CT molecular complexity index is 866. The third-order valence-electron chi connectivity index (χ3n) is 4.02. The molecule has 25 heavy (non-hydrogen) atoms. The van der Waals surface area contributed by atoms with Crippen LogP contribution in [0.4, 0.5) is 0 Å². The molecule has 0 aliphatic rings. The molecule has 5 heteroatoms. The Morgan fingerprint density at radius 3 is 2.60 bits per heavy atom. The van der Waals surface area contributed by atoms with Gasteiger partial charge in [-0.2, -0.15) is 0 Å². The van der Waals surface area contributed by atoms with Gasteiger partial charge in [0.1, 0.15) is 5.76 Å². The van der Waals surface area contributed by atoms with Gasteiger partial charge in [-0.05, 0) is 35.4 Å². The highest BCUT2D eigenvalue weighted by molar-refractivity contribution is 5.91. The van der Waals surface area contributed by atoms with Gasteiger partial charge < -0.3 is 15.1 Å². The zero-order valence-electron chi connectivity index (χ0n) is 14.0. The van der Waals surface area contributed by atoms with Gasteiger partial charge in [-0.15, -0.1) is 0 Å². The highest BCUT2D eigenvalue weighted by Gasteiger charge is 2.13. The molecule has 1 heterocycles. The molecule has 1 atom stereocenters. The van der Waals surface area contributed by atoms with Crippen molar-refractivity contribution in [3.8, 4) is 0 Å². The van der Waals surface area contributed by atoms with Crippen LogP contribution in [0.3, 0.4) is 0 Å². The lowest BCUT2D eigenvalue weighted by molar-refractivity contribution is -0.126. The van der Waals surface area contributed by atoms with Crippen molar-refractivity contribution < 1.29 is 14.0 Å². The van der Waals surface area contributed by atoms with E-state index in [1.807, 2.05) is 49.4 Å². The molecule has 2 N–H and O–H groups in total. The van der Waals surface area contributed by atoms with Crippen molar-refractivity contribution >= 4 is 22.6 Å². The number of hydrogen-bond donors (Lipinski definition) is 2. The quantitative estimate of drug-likeness (QED) is 0.727. The second-order valence-electron chi connectivity index (χ2n) is 5.90. The highest BCUT2D eigenvalue weighted by Crippen LogP contribution is 2.18. The molecule has 3 aromatic rings. The van der Waals surface area contributed by atoms with Crippen LogP contribution in [0.15, 0.2) is 65.3 Å². The van der Waals surface area contributed by atoms with E-state index in [2.05, 4.69) is 10.6 Å². The van der Waals surface area contributed by atoms with Crippen LogP contribution in [-0.4, -0.2) is 18.4 Å². The van der Waals surface area contributed by atoms with Crippen LogP contribution < -0.4 is 10.6 Å². The van der Waals surface area contributed by atoms with Crippen LogP contribution in [-0.2, 0) is 16.0 Å².